The van der Waals surface area contributed by atoms with Gasteiger partial charge in [0.05, 0.1) is 11.8 Å². The van der Waals surface area contributed by atoms with Crippen LogP contribution in [0.1, 0.15) is 24.4 Å². The molecule has 2 aliphatic heterocycles. The zero-order valence-electron chi connectivity index (χ0n) is 14.3. The van der Waals surface area contributed by atoms with Crippen molar-refractivity contribution in [1.29, 1.82) is 0 Å². The first-order valence-corrected chi connectivity index (χ1v) is 9.77. The second-order valence-corrected chi connectivity index (χ2v) is 7.44. The Morgan fingerprint density at radius 3 is 2.69 bits per heavy atom. The van der Waals surface area contributed by atoms with Gasteiger partial charge < -0.3 is 14.4 Å². The molecule has 0 saturated carbocycles. The van der Waals surface area contributed by atoms with Crippen LogP contribution in [0.25, 0.3) is 0 Å². The summed E-state index contributed by atoms with van der Waals surface area (Å²) < 4.78 is 24.2. The summed E-state index contributed by atoms with van der Waals surface area (Å²) in [5.74, 6) is 1.72. The molecule has 1 amide bonds. The van der Waals surface area contributed by atoms with E-state index in [2.05, 4.69) is 0 Å². The third-order valence-corrected chi connectivity index (χ3v) is 5.70. The molecule has 0 N–H and O–H groups in total. The Morgan fingerprint density at radius 1 is 1.12 bits per heavy atom. The van der Waals surface area contributed by atoms with E-state index in [1.807, 2.05) is 23.1 Å². The van der Waals surface area contributed by atoms with Crippen molar-refractivity contribution in [3.8, 4) is 11.5 Å². The van der Waals surface area contributed by atoms with Gasteiger partial charge in [-0.3, -0.25) is 4.79 Å². The van der Waals surface area contributed by atoms with Crippen LogP contribution in [-0.4, -0.2) is 36.3 Å². The average Bonchev–Trinajstić information content (AvgIpc) is 3.17. The summed E-state index contributed by atoms with van der Waals surface area (Å²) in [5, 5.41) is 0. The van der Waals surface area contributed by atoms with Gasteiger partial charge in [0.25, 0.3) is 0 Å². The molecular weight excluding hydrogens is 353 g/mol. The molecule has 4 nitrogen and oxygen atoms in total. The van der Waals surface area contributed by atoms with Crippen LogP contribution in [0.5, 0.6) is 11.5 Å². The Morgan fingerprint density at radius 2 is 1.88 bits per heavy atom. The minimum atomic E-state index is -0.265. The van der Waals surface area contributed by atoms with Crippen molar-refractivity contribution in [2.75, 3.05) is 25.5 Å². The molecule has 1 fully saturated rings. The Balaban J connectivity index is 1.44. The highest BCUT2D eigenvalue weighted by Crippen LogP contribution is 2.38. The van der Waals surface area contributed by atoms with Crippen LogP contribution in [0.4, 0.5) is 4.39 Å². The normalized spacial score (nSPS) is 18.8. The number of likely N-dealkylation sites (tertiary alicyclic amines) is 1. The molecule has 2 aromatic rings. The van der Waals surface area contributed by atoms with Gasteiger partial charge in [-0.15, -0.1) is 11.8 Å². The number of nitrogens with zero attached hydrogens (tertiary/aromatic N) is 1. The summed E-state index contributed by atoms with van der Waals surface area (Å²) in [5.41, 5.74) is 1.09. The van der Waals surface area contributed by atoms with Crippen LogP contribution in [0.2, 0.25) is 0 Å². The van der Waals surface area contributed by atoms with Crippen molar-refractivity contribution in [3.05, 3.63) is 53.8 Å². The van der Waals surface area contributed by atoms with Gasteiger partial charge >= 0.3 is 0 Å². The van der Waals surface area contributed by atoms with E-state index in [4.69, 9.17) is 9.47 Å². The smallest absolute Gasteiger partial charge is 0.233 e. The molecule has 0 aliphatic carbocycles. The van der Waals surface area contributed by atoms with Crippen molar-refractivity contribution in [1.82, 2.24) is 4.90 Å². The third-order valence-electron chi connectivity index (χ3n) is 4.70. The second kappa shape index (κ2) is 7.58. The molecule has 4 rings (SSSR count). The lowest BCUT2D eigenvalue weighted by Gasteiger charge is -2.26. The van der Waals surface area contributed by atoms with Gasteiger partial charge in [-0.05, 0) is 54.8 Å². The van der Waals surface area contributed by atoms with E-state index in [0.717, 1.165) is 41.3 Å². The monoisotopic (exact) mass is 373 g/mol. The van der Waals surface area contributed by atoms with Crippen LogP contribution in [0.3, 0.4) is 0 Å². The summed E-state index contributed by atoms with van der Waals surface area (Å²) in [6.45, 7) is 1.89. The summed E-state index contributed by atoms with van der Waals surface area (Å²) in [7, 11) is 0. The highest BCUT2D eigenvalue weighted by Gasteiger charge is 2.30. The van der Waals surface area contributed by atoms with Crippen molar-refractivity contribution in [2.24, 2.45) is 0 Å². The van der Waals surface area contributed by atoms with Gasteiger partial charge in [-0.25, -0.2) is 4.39 Å². The third kappa shape index (κ3) is 3.65. The van der Waals surface area contributed by atoms with E-state index in [-0.39, 0.29) is 17.8 Å². The quantitative estimate of drug-likeness (QED) is 0.758. The Bertz CT molecular complexity index is 796. The number of hydrogen-bond donors (Lipinski definition) is 0. The molecule has 26 heavy (non-hydrogen) atoms. The van der Waals surface area contributed by atoms with Gasteiger partial charge in [0.1, 0.15) is 19.0 Å². The number of carbonyl (C=O) groups excluding carboxylic acids is 1. The first-order valence-electron chi connectivity index (χ1n) is 8.78. The van der Waals surface area contributed by atoms with Gasteiger partial charge in [0, 0.05) is 11.4 Å². The predicted octanol–water partition coefficient (Wildman–Crippen LogP) is 4.05. The zero-order valence-corrected chi connectivity index (χ0v) is 15.1. The number of ether oxygens (including phenoxy) is 2. The molecule has 1 atom stereocenters. The summed E-state index contributed by atoms with van der Waals surface area (Å²) in [6, 6.07) is 12.3. The minimum Gasteiger partial charge on any atom is -0.486 e. The number of benzene rings is 2. The number of amides is 1. The number of rotatable bonds is 4. The highest BCUT2D eigenvalue weighted by atomic mass is 32.2. The first kappa shape index (κ1) is 17.2. The SMILES string of the molecule is O=C(CSc1ccc(F)cc1)N1CCCC1c1ccc2c(c1)OCCO2. The molecule has 2 aliphatic rings. The van der Waals surface area contributed by atoms with Crippen molar-refractivity contribution >= 4 is 17.7 Å². The summed E-state index contributed by atoms with van der Waals surface area (Å²) in [4.78, 5) is 15.6. The number of thioether (sulfide) groups is 1. The van der Waals surface area contributed by atoms with Crippen LogP contribution in [-0.2, 0) is 4.79 Å². The number of halogens is 1. The molecule has 0 bridgehead atoms. The zero-order chi connectivity index (χ0) is 17.9. The first-order chi connectivity index (χ1) is 12.7. The predicted molar refractivity (Wildman–Crippen MR) is 98.2 cm³/mol. The van der Waals surface area contributed by atoms with E-state index >= 15 is 0 Å². The molecule has 2 aromatic carbocycles. The topological polar surface area (TPSA) is 38.8 Å². The largest absolute Gasteiger partial charge is 0.486 e. The van der Waals surface area contributed by atoms with Gasteiger partial charge in [0.15, 0.2) is 11.5 Å². The van der Waals surface area contributed by atoms with Gasteiger partial charge in [-0.1, -0.05) is 6.07 Å². The van der Waals surface area contributed by atoms with Crippen LogP contribution >= 0.6 is 11.8 Å². The van der Waals surface area contributed by atoms with E-state index in [0.29, 0.717) is 19.0 Å². The van der Waals surface area contributed by atoms with E-state index in [9.17, 15) is 9.18 Å². The average molecular weight is 373 g/mol. The molecule has 1 unspecified atom stereocenters. The number of hydrogen-bond acceptors (Lipinski definition) is 4. The van der Waals surface area contributed by atoms with E-state index in [1.54, 1.807) is 12.1 Å². The van der Waals surface area contributed by atoms with Crippen LogP contribution in [0, 0.1) is 5.82 Å². The van der Waals surface area contributed by atoms with Crippen molar-refractivity contribution in [3.63, 3.8) is 0 Å². The molecule has 6 heteroatoms. The van der Waals surface area contributed by atoms with Crippen molar-refractivity contribution in [2.45, 2.75) is 23.8 Å². The second-order valence-electron chi connectivity index (χ2n) is 6.39. The molecule has 2 heterocycles. The Hall–Kier alpha value is -2.21. The number of carbonyl (C=O) groups is 1. The summed E-state index contributed by atoms with van der Waals surface area (Å²) >= 11 is 1.44. The maximum atomic E-state index is 13.0. The lowest BCUT2D eigenvalue weighted by molar-refractivity contribution is -0.129. The molecule has 0 aromatic heterocycles. The van der Waals surface area contributed by atoms with E-state index < -0.39 is 0 Å². The summed E-state index contributed by atoms with van der Waals surface area (Å²) in [6.07, 6.45) is 1.94. The fraction of sp³-hybridized carbons (Fsp3) is 0.350. The minimum absolute atomic E-state index is 0.0761. The fourth-order valence-corrected chi connectivity index (χ4v) is 4.22. The Kier molecular flexibility index (Phi) is 5.02. The lowest BCUT2D eigenvalue weighted by Crippen LogP contribution is -2.32. The van der Waals surface area contributed by atoms with Crippen molar-refractivity contribution < 1.29 is 18.7 Å². The maximum absolute atomic E-state index is 13.0. The molecule has 136 valence electrons. The molecule has 1 saturated heterocycles. The molecular formula is C20H20FNO3S. The lowest BCUT2D eigenvalue weighted by atomic mass is 10.0. The van der Waals surface area contributed by atoms with Crippen LogP contribution in [0.15, 0.2) is 47.4 Å². The van der Waals surface area contributed by atoms with Gasteiger partial charge in [-0.2, -0.15) is 0 Å². The van der Waals surface area contributed by atoms with E-state index in [1.165, 1.54) is 23.9 Å². The molecule has 0 spiro atoms. The highest BCUT2D eigenvalue weighted by molar-refractivity contribution is 8.00. The standard InChI is InChI=1S/C20H20FNO3S/c21-15-4-6-16(7-5-15)26-13-20(23)22-9-1-2-17(22)14-3-8-18-19(12-14)25-11-10-24-18/h3-8,12,17H,1-2,9-11,13H2. The van der Waals surface area contributed by atoms with Crippen LogP contribution < -0.4 is 9.47 Å². The maximum Gasteiger partial charge on any atom is 0.233 e. The number of fused-ring (bicyclic) bond motifs is 1. The van der Waals surface area contributed by atoms with Gasteiger partial charge in [0.2, 0.25) is 5.91 Å². The fourth-order valence-electron chi connectivity index (χ4n) is 3.44. The Labute approximate surface area is 156 Å². The molecule has 0 radical (unpaired) electrons.